The quantitative estimate of drug-likeness (QED) is 0.178. The van der Waals surface area contributed by atoms with E-state index in [2.05, 4.69) is 13.8 Å². The number of hydrogen-bond acceptors (Lipinski definition) is 2. The van der Waals surface area contributed by atoms with Gasteiger partial charge in [0.05, 0.1) is 12.0 Å². The number of benzene rings is 2. The molecule has 3 fully saturated rings. The van der Waals surface area contributed by atoms with Crippen molar-refractivity contribution in [1.29, 1.82) is 0 Å². The number of aliphatic carboxylic acids is 1. The summed E-state index contributed by atoms with van der Waals surface area (Å²) in [5.74, 6) is -2.63. The fraction of sp³-hybridized carbons (Fsp3) is 0.649. The summed E-state index contributed by atoms with van der Waals surface area (Å²) >= 11 is 0. The van der Waals surface area contributed by atoms with Crippen LogP contribution in [0.2, 0.25) is 0 Å². The Bertz CT molecular complexity index is 1130. The first-order chi connectivity index (χ1) is 20.4. The van der Waals surface area contributed by atoms with E-state index in [0.29, 0.717) is 12.2 Å². The molecule has 0 spiro atoms. The molecular formula is C37H52F2O3. The number of halogens is 2. The highest BCUT2D eigenvalue weighted by Gasteiger charge is 2.58. The van der Waals surface area contributed by atoms with E-state index in [1.807, 2.05) is 24.3 Å². The maximum absolute atomic E-state index is 15.1. The van der Waals surface area contributed by atoms with E-state index in [4.69, 9.17) is 4.74 Å². The first-order valence-electron chi connectivity index (χ1n) is 16.8. The number of unbranched alkanes of at least 4 members (excludes halogenated alkanes) is 10. The lowest BCUT2D eigenvalue weighted by Crippen LogP contribution is -2.50. The summed E-state index contributed by atoms with van der Waals surface area (Å²) < 4.78 is 35.6. The monoisotopic (exact) mass is 582 g/mol. The van der Waals surface area contributed by atoms with Gasteiger partial charge in [0.25, 0.3) is 0 Å². The predicted octanol–water partition coefficient (Wildman–Crippen LogP) is 11.2. The highest BCUT2D eigenvalue weighted by Crippen LogP contribution is 2.64. The molecule has 3 aliphatic carbocycles. The van der Waals surface area contributed by atoms with Crippen LogP contribution in [0.3, 0.4) is 0 Å². The van der Waals surface area contributed by atoms with Gasteiger partial charge in [0.15, 0.2) is 11.6 Å². The van der Waals surface area contributed by atoms with Crippen molar-refractivity contribution in [2.24, 2.45) is 10.8 Å². The van der Waals surface area contributed by atoms with Gasteiger partial charge in [-0.2, -0.15) is 4.39 Å². The molecule has 0 aromatic heterocycles. The molecule has 3 saturated carbocycles. The number of fused-ring (bicyclic) bond motifs is 3. The van der Waals surface area contributed by atoms with Crippen molar-refractivity contribution < 1.29 is 23.4 Å². The van der Waals surface area contributed by atoms with E-state index in [0.717, 1.165) is 56.9 Å². The Hall–Kier alpha value is -2.43. The van der Waals surface area contributed by atoms with Crippen LogP contribution in [-0.4, -0.2) is 17.7 Å². The van der Waals surface area contributed by atoms with Crippen LogP contribution < -0.4 is 4.74 Å². The lowest BCUT2D eigenvalue weighted by atomic mass is 9.47. The number of carbonyl (C=O) groups is 1. The molecule has 5 heteroatoms. The first kappa shape index (κ1) is 32.5. The molecule has 42 heavy (non-hydrogen) atoms. The maximum atomic E-state index is 15.1. The van der Waals surface area contributed by atoms with Gasteiger partial charge >= 0.3 is 5.97 Å². The van der Waals surface area contributed by atoms with Gasteiger partial charge in [-0.3, -0.25) is 4.79 Å². The van der Waals surface area contributed by atoms with Gasteiger partial charge in [-0.05, 0) is 73.6 Å². The van der Waals surface area contributed by atoms with Crippen molar-refractivity contribution >= 4 is 5.97 Å². The zero-order valence-corrected chi connectivity index (χ0v) is 26.0. The molecule has 0 amide bonds. The van der Waals surface area contributed by atoms with E-state index < -0.39 is 23.0 Å². The van der Waals surface area contributed by atoms with Crippen LogP contribution >= 0.6 is 0 Å². The highest BCUT2D eigenvalue weighted by atomic mass is 19.2. The Labute approximate surface area is 252 Å². The van der Waals surface area contributed by atoms with Crippen LogP contribution in [0.1, 0.15) is 141 Å². The second-order valence-corrected chi connectivity index (χ2v) is 13.2. The molecule has 1 N–H and O–H groups in total. The smallest absolute Gasteiger partial charge is 0.310 e. The molecule has 0 radical (unpaired) electrons. The van der Waals surface area contributed by atoms with Crippen LogP contribution in [0.25, 0.3) is 11.1 Å². The predicted molar refractivity (Wildman–Crippen MR) is 167 cm³/mol. The van der Waals surface area contributed by atoms with Crippen LogP contribution in [0.4, 0.5) is 8.78 Å². The Morgan fingerprint density at radius 3 is 2.00 bits per heavy atom. The summed E-state index contributed by atoms with van der Waals surface area (Å²) in [7, 11) is 0. The number of carboxylic acid groups (broad SMARTS) is 1. The van der Waals surface area contributed by atoms with Crippen molar-refractivity contribution in [2.45, 2.75) is 135 Å². The third-order valence-electron chi connectivity index (χ3n) is 10.4. The molecule has 2 aromatic carbocycles. The topological polar surface area (TPSA) is 46.5 Å². The lowest BCUT2D eigenvalue weighted by molar-refractivity contribution is -0.162. The molecule has 5 rings (SSSR count). The highest BCUT2D eigenvalue weighted by molar-refractivity contribution is 5.77. The molecular weight excluding hydrogens is 530 g/mol. The molecule has 0 heterocycles. The molecule has 3 nitrogen and oxygen atoms in total. The molecule has 2 aromatic rings. The maximum Gasteiger partial charge on any atom is 0.310 e. The molecule has 0 saturated heterocycles. The zero-order chi connectivity index (χ0) is 30.0. The third kappa shape index (κ3) is 7.55. The number of hydrogen-bond donors (Lipinski definition) is 1. The van der Waals surface area contributed by atoms with Crippen molar-refractivity contribution in [3.8, 4) is 16.9 Å². The van der Waals surface area contributed by atoms with Crippen LogP contribution in [0, 0.1) is 22.5 Å². The Kier molecular flexibility index (Phi) is 11.9. The Morgan fingerprint density at radius 2 is 1.38 bits per heavy atom. The zero-order valence-electron chi connectivity index (χ0n) is 26.0. The fourth-order valence-corrected chi connectivity index (χ4v) is 7.67. The molecule has 232 valence electrons. The van der Waals surface area contributed by atoms with Gasteiger partial charge in [-0.25, -0.2) is 4.39 Å². The minimum absolute atomic E-state index is 0.0429. The summed E-state index contributed by atoms with van der Waals surface area (Å²) in [6.45, 7) is 4.80. The normalized spacial score (nSPS) is 23.3. The van der Waals surface area contributed by atoms with Gasteiger partial charge in [-0.1, -0.05) is 109 Å². The van der Waals surface area contributed by atoms with Crippen LogP contribution in [0.5, 0.6) is 5.75 Å². The summed E-state index contributed by atoms with van der Waals surface area (Å²) in [4.78, 5) is 12.6. The standard InChI is InChI=1S/C37H52F2O3/c1-3-5-7-9-11-13-21-36-22-24-37(25-23-36,35(40)41)31(27-36)29-17-15-28(16-18-29)30-19-20-32(34(39)33(30)38)42-26-14-12-10-8-6-4-2/h15-20,31H,3-14,21-27H2,1-2H3,(H,40,41). The Balaban J connectivity index is 1.41. The van der Waals surface area contributed by atoms with Crippen LogP contribution in [-0.2, 0) is 4.79 Å². The number of carboxylic acids is 1. The van der Waals surface area contributed by atoms with Crippen molar-refractivity contribution in [1.82, 2.24) is 0 Å². The average molecular weight is 583 g/mol. The van der Waals surface area contributed by atoms with Crippen molar-refractivity contribution in [2.75, 3.05) is 6.61 Å². The molecule has 3 aliphatic rings. The van der Waals surface area contributed by atoms with E-state index in [1.54, 1.807) is 6.07 Å². The van der Waals surface area contributed by atoms with Gasteiger partial charge in [0, 0.05) is 11.5 Å². The van der Waals surface area contributed by atoms with Crippen LogP contribution in [0.15, 0.2) is 36.4 Å². The number of ether oxygens (including phenoxy) is 1. The molecule has 0 aliphatic heterocycles. The molecule has 1 atom stereocenters. The molecule has 2 bridgehead atoms. The van der Waals surface area contributed by atoms with Crippen molar-refractivity contribution in [3.05, 3.63) is 53.6 Å². The lowest BCUT2D eigenvalue weighted by Gasteiger charge is -2.56. The summed E-state index contributed by atoms with van der Waals surface area (Å²) in [5, 5.41) is 10.4. The summed E-state index contributed by atoms with van der Waals surface area (Å²) in [5.41, 5.74) is 1.30. The van der Waals surface area contributed by atoms with E-state index in [1.165, 1.54) is 70.3 Å². The Morgan fingerprint density at radius 1 is 0.786 bits per heavy atom. The SMILES string of the molecule is CCCCCCCCOc1ccc(-c2ccc(C3CC4(CCCCCCCC)CCC3(C(=O)O)CC4)cc2)c(F)c1F. The fourth-order valence-electron chi connectivity index (χ4n) is 7.67. The van der Waals surface area contributed by atoms with Gasteiger partial charge < -0.3 is 9.84 Å². The minimum atomic E-state index is -0.950. The summed E-state index contributed by atoms with van der Waals surface area (Å²) in [6, 6.07) is 10.6. The molecule has 1 unspecified atom stereocenters. The third-order valence-corrected chi connectivity index (χ3v) is 10.4. The second kappa shape index (κ2) is 15.3. The van der Waals surface area contributed by atoms with Gasteiger partial charge in [0.2, 0.25) is 5.82 Å². The average Bonchev–Trinajstić information content (AvgIpc) is 3.01. The number of rotatable bonds is 18. The van der Waals surface area contributed by atoms with Gasteiger partial charge in [-0.15, -0.1) is 0 Å². The second-order valence-electron chi connectivity index (χ2n) is 13.2. The minimum Gasteiger partial charge on any atom is -0.490 e. The van der Waals surface area contributed by atoms with Gasteiger partial charge in [0.1, 0.15) is 0 Å². The summed E-state index contributed by atoms with van der Waals surface area (Å²) in [6.07, 6.45) is 19.8. The first-order valence-corrected chi connectivity index (χ1v) is 16.8. The van der Waals surface area contributed by atoms with E-state index in [-0.39, 0.29) is 22.6 Å². The van der Waals surface area contributed by atoms with Crippen molar-refractivity contribution in [3.63, 3.8) is 0 Å². The van der Waals surface area contributed by atoms with E-state index in [9.17, 15) is 14.3 Å². The van der Waals surface area contributed by atoms with E-state index >= 15 is 4.39 Å². The largest absolute Gasteiger partial charge is 0.490 e.